The van der Waals surface area contributed by atoms with Crippen LogP contribution < -0.4 is 5.32 Å². The molecular weight excluding hydrogens is 249 g/mol. The highest BCUT2D eigenvalue weighted by molar-refractivity contribution is 5.27. The molecule has 0 amide bonds. The van der Waals surface area contributed by atoms with E-state index in [4.69, 9.17) is 0 Å². The molecule has 1 nitrogen and oxygen atoms in total. The normalized spacial score (nSPS) is 27.6. The van der Waals surface area contributed by atoms with E-state index in [1.807, 2.05) is 6.07 Å². The van der Waals surface area contributed by atoms with Crippen LogP contribution in [0.3, 0.4) is 0 Å². The van der Waals surface area contributed by atoms with E-state index in [1.54, 1.807) is 12.1 Å². The maximum atomic E-state index is 13.6. The number of nitrogens with one attached hydrogen (secondary N) is 1. The van der Waals surface area contributed by atoms with E-state index < -0.39 is 0 Å². The SMILES string of the molecule is CC1CCC(CNC(C)(C)C)(c2cccc(F)c2)CC1. The van der Waals surface area contributed by atoms with E-state index in [-0.39, 0.29) is 16.8 Å². The van der Waals surface area contributed by atoms with Crippen molar-refractivity contribution >= 4 is 0 Å². The van der Waals surface area contributed by atoms with Gasteiger partial charge in [0.2, 0.25) is 0 Å². The van der Waals surface area contributed by atoms with Crippen molar-refractivity contribution in [3.63, 3.8) is 0 Å². The van der Waals surface area contributed by atoms with Crippen LogP contribution in [0.1, 0.15) is 58.9 Å². The van der Waals surface area contributed by atoms with Crippen LogP contribution >= 0.6 is 0 Å². The highest BCUT2D eigenvalue weighted by atomic mass is 19.1. The molecule has 0 aromatic heterocycles. The fourth-order valence-electron chi connectivity index (χ4n) is 3.13. The lowest BCUT2D eigenvalue weighted by Gasteiger charge is -2.42. The van der Waals surface area contributed by atoms with Crippen molar-refractivity contribution in [2.24, 2.45) is 5.92 Å². The van der Waals surface area contributed by atoms with Crippen molar-refractivity contribution in [3.8, 4) is 0 Å². The second-order valence-corrected chi connectivity index (χ2v) is 7.58. The Labute approximate surface area is 123 Å². The van der Waals surface area contributed by atoms with Gasteiger partial charge in [0.25, 0.3) is 0 Å². The summed E-state index contributed by atoms with van der Waals surface area (Å²) in [5.41, 5.74) is 1.37. The van der Waals surface area contributed by atoms with Crippen LogP contribution in [-0.2, 0) is 5.41 Å². The Morgan fingerprint density at radius 1 is 1.25 bits per heavy atom. The summed E-state index contributed by atoms with van der Waals surface area (Å²) in [4.78, 5) is 0. The van der Waals surface area contributed by atoms with Crippen LogP contribution in [0.2, 0.25) is 0 Å². The van der Waals surface area contributed by atoms with Crippen molar-refractivity contribution < 1.29 is 4.39 Å². The molecule has 0 heterocycles. The average molecular weight is 277 g/mol. The predicted molar refractivity (Wildman–Crippen MR) is 83.5 cm³/mol. The Morgan fingerprint density at radius 3 is 2.45 bits per heavy atom. The Morgan fingerprint density at radius 2 is 1.90 bits per heavy atom. The summed E-state index contributed by atoms with van der Waals surface area (Å²) in [5.74, 6) is 0.683. The zero-order chi connectivity index (χ0) is 14.8. The van der Waals surface area contributed by atoms with E-state index >= 15 is 0 Å². The standard InChI is InChI=1S/C18H28FN/c1-14-8-10-18(11-9-14,13-20-17(2,3)4)15-6-5-7-16(19)12-15/h5-7,12,14,20H,8-11,13H2,1-4H3. The molecule has 112 valence electrons. The first-order valence-corrected chi connectivity index (χ1v) is 7.82. The number of halogens is 1. The molecule has 0 unspecified atom stereocenters. The molecule has 2 rings (SSSR count). The van der Waals surface area contributed by atoms with E-state index in [1.165, 1.54) is 18.4 Å². The second-order valence-electron chi connectivity index (χ2n) is 7.58. The average Bonchev–Trinajstić information content (AvgIpc) is 2.38. The summed E-state index contributed by atoms with van der Waals surface area (Å²) < 4.78 is 13.6. The van der Waals surface area contributed by atoms with Gasteiger partial charge in [-0.05, 0) is 70.1 Å². The van der Waals surface area contributed by atoms with Gasteiger partial charge in [0.15, 0.2) is 0 Å². The smallest absolute Gasteiger partial charge is 0.123 e. The van der Waals surface area contributed by atoms with Crippen LogP contribution in [0.4, 0.5) is 4.39 Å². The minimum atomic E-state index is -0.115. The summed E-state index contributed by atoms with van der Waals surface area (Å²) in [5, 5.41) is 3.64. The molecule has 1 saturated carbocycles. The van der Waals surface area contributed by atoms with E-state index in [0.29, 0.717) is 0 Å². The third-order valence-corrected chi connectivity index (χ3v) is 4.63. The van der Waals surface area contributed by atoms with Crippen LogP contribution in [0.25, 0.3) is 0 Å². The highest BCUT2D eigenvalue weighted by Gasteiger charge is 2.36. The topological polar surface area (TPSA) is 12.0 Å². The maximum absolute atomic E-state index is 13.6. The first-order chi connectivity index (χ1) is 9.31. The van der Waals surface area contributed by atoms with Gasteiger partial charge in [0, 0.05) is 17.5 Å². The van der Waals surface area contributed by atoms with Gasteiger partial charge in [0.1, 0.15) is 5.82 Å². The Balaban J connectivity index is 2.24. The minimum absolute atomic E-state index is 0.0991. The Kier molecular flexibility index (Phi) is 4.53. The molecule has 1 fully saturated rings. The van der Waals surface area contributed by atoms with Gasteiger partial charge in [-0.3, -0.25) is 0 Å². The van der Waals surface area contributed by atoms with Gasteiger partial charge >= 0.3 is 0 Å². The molecule has 1 aliphatic rings. The fourth-order valence-corrected chi connectivity index (χ4v) is 3.13. The molecule has 0 saturated heterocycles. The lowest BCUT2D eigenvalue weighted by atomic mass is 9.66. The molecule has 0 atom stereocenters. The molecule has 2 heteroatoms. The quantitative estimate of drug-likeness (QED) is 0.847. The number of benzene rings is 1. The number of hydrogen-bond donors (Lipinski definition) is 1. The summed E-state index contributed by atoms with van der Waals surface area (Å²) in [6, 6.07) is 7.23. The third-order valence-electron chi connectivity index (χ3n) is 4.63. The van der Waals surface area contributed by atoms with Gasteiger partial charge in [-0.25, -0.2) is 4.39 Å². The fraction of sp³-hybridized carbons (Fsp3) is 0.667. The molecule has 1 N–H and O–H groups in total. The first kappa shape index (κ1) is 15.5. The van der Waals surface area contributed by atoms with E-state index in [9.17, 15) is 4.39 Å². The molecule has 0 spiro atoms. The summed E-state index contributed by atoms with van der Waals surface area (Å²) in [6.45, 7) is 9.84. The Hall–Kier alpha value is -0.890. The summed E-state index contributed by atoms with van der Waals surface area (Å²) in [7, 11) is 0. The summed E-state index contributed by atoms with van der Waals surface area (Å²) >= 11 is 0. The molecule has 1 aromatic carbocycles. The molecule has 1 aliphatic carbocycles. The van der Waals surface area contributed by atoms with Crippen molar-refractivity contribution in [1.29, 1.82) is 0 Å². The van der Waals surface area contributed by atoms with Crippen LogP contribution in [-0.4, -0.2) is 12.1 Å². The minimum Gasteiger partial charge on any atom is -0.311 e. The monoisotopic (exact) mass is 277 g/mol. The zero-order valence-corrected chi connectivity index (χ0v) is 13.3. The van der Waals surface area contributed by atoms with Gasteiger partial charge in [-0.15, -0.1) is 0 Å². The molecular formula is C18H28FN. The largest absolute Gasteiger partial charge is 0.311 e. The molecule has 0 bridgehead atoms. The lowest BCUT2D eigenvalue weighted by Crippen LogP contribution is -2.47. The lowest BCUT2D eigenvalue weighted by molar-refractivity contribution is 0.217. The Bertz CT molecular complexity index is 439. The van der Waals surface area contributed by atoms with Gasteiger partial charge < -0.3 is 5.32 Å². The zero-order valence-electron chi connectivity index (χ0n) is 13.3. The van der Waals surface area contributed by atoms with Gasteiger partial charge in [0.05, 0.1) is 0 Å². The van der Waals surface area contributed by atoms with Gasteiger partial charge in [-0.2, -0.15) is 0 Å². The molecule has 0 aliphatic heterocycles. The second kappa shape index (κ2) is 5.85. The third kappa shape index (κ3) is 3.82. The van der Waals surface area contributed by atoms with E-state index in [2.05, 4.69) is 39.1 Å². The van der Waals surface area contributed by atoms with Crippen molar-refractivity contribution in [2.75, 3.05) is 6.54 Å². The van der Waals surface area contributed by atoms with Crippen molar-refractivity contribution in [2.45, 2.75) is 64.3 Å². The van der Waals surface area contributed by atoms with Crippen molar-refractivity contribution in [1.82, 2.24) is 5.32 Å². The number of hydrogen-bond acceptors (Lipinski definition) is 1. The molecule has 20 heavy (non-hydrogen) atoms. The maximum Gasteiger partial charge on any atom is 0.123 e. The first-order valence-electron chi connectivity index (χ1n) is 7.82. The summed E-state index contributed by atoms with van der Waals surface area (Å²) in [6.07, 6.45) is 4.78. The van der Waals surface area contributed by atoms with E-state index in [0.717, 1.165) is 25.3 Å². The molecule has 1 aromatic rings. The van der Waals surface area contributed by atoms with Crippen LogP contribution in [0.15, 0.2) is 24.3 Å². The van der Waals surface area contributed by atoms with Crippen LogP contribution in [0.5, 0.6) is 0 Å². The predicted octanol–water partition coefficient (Wildman–Crippen LogP) is 4.66. The van der Waals surface area contributed by atoms with Crippen LogP contribution in [0, 0.1) is 11.7 Å². The number of rotatable bonds is 3. The highest BCUT2D eigenvalue weighted by Crippen LogP contribution is 2.41. The molecule has 0 radical (unpaired) electrons. The van der Waals surface area contributed by atoms with Gasteiger partial charge in [-0.1, -0.05) is 19.1 Å². The van der Waals surface area contributed by atoms with Crippen molar-refractivity contribution in [3.05, 3.63) is 35.6 Å².